The number of hydrogen-bond acceptors (Lipinski definition) is 3. The Balaban J connectivity index is 2.41. The van der Waals surface area contributed by atoms with E-state index < -0.39 is 5.97 Å². The van der Waals surface area contributed by atoms with E-state index in [-0.39, 0.29) is 11.9 Å². The monoisotopic (exact) mass is 256 g/mol. The SMILES string of the molecule is CN(C)C(=O)CCCN1CCCCCC1C(=O)O. The predicted octanol–water partition coefficient (Wildman–Crippen LogP) is 1.18. The number of rotatable bonds is 5. The largest absolute Gasteiger partial charge is 0.480 e. The minimum absolute atomic E-state index is 0.108. The van der Waals surface area contributed by atoms with E-state index in [1.807, 2.05) is 4.90 Å². The smallest absolute Gasteiger partial charge is 0.320 e. The number of nitrogens with zero attached hydrogens (tertiary/aromatic N) is 2. The molecular weight excluding hydrogens is 232 g/mol. The molecular formula is C13H24N2O3. The summed E-state index contributed by atoms with van der Waals surface area (Å²) in [5.74, 6) is -0.618. The van der Waals surface area contributed by atoms with Crippen molar-refractivity contribution in [3.8, 4) is 0 Å². The standard InChI is InChI=1S/C13H24N2O3/c1-14(2)12(16)8-6-10-15-9-5-3-4-7-11(15)13(17)18/h11H,3-10H2,1-2H3,(H,17,18). The second kappa shape index (κ2) is 7.36. The van der Waals surface area contributed by atoms with Crippen molar-refractivity contribution in [3.05, 3.63) is 0 Å². The Morgan fingerprint density at radius 3 is 2.61 bits per heavy atom. The van der Waals surface area contributed by atoms with Gasteiger partial charge in [-0.3, -0.25) is 14.5 Å². The van der Waals surface area contributed by atoms with Crippen molar-refractivity contribution in [3.63, 3.8) is 0 Å². The lowest BCUT2D eigenvalue weighted by atomic mass is 10.1. The van der Waals surface area contributed by atoms with Crippen molar-refractivity contribution < 1.29 is 14.7 Å². The van der Waals surface area contributed by atoms with Crippen LogP contribution in [0.1, 0.15) is 38.5 Å². The Morgan fingerprint density at radius 2 is 2.00 bits per heavy atom. The Hall–Kier alpha value is -1.10. The molecule has 0 aliphatic carbocycles. The van der Waals surface area contributed by atoms with Gasteiger partial charge in [0.05, 0.1) is 0 Å². The third-order valence-electron chi connectivity index (χ3n) is 3.48. The Morgan fingerprint density at radius 1 is 1.28 bits per heavy atom. The highest BCUT2D eigenvalue weighted by atomic mass is 16.4. The molecule has 1 atom stereocenters. The summed E-state index contributed by atoms with van der Waals surface area (Å²) < 4.78 is 0. The van der Waals surface area contributed by atoms with Crippen LogP contribution in [0, 0.1) is 0 Å². The first-order chi connectivity index (χ1) is 8.52. The summed E-state index contributed by atoms with van der Waals surface area (Å²) in [6.07, 6.45) is 5.13. The average Bonchev–Trinajstić information content (AvgIpc) is 2.54. The first-order valence-electron chi connectivity index (χ1n) is 6.69. The van der Waals surface area contributed by atoms with Crippen LogP contribution in [-0.2, 0) is 9.59 Å². The van der Waals surface area contributed by atoms with Crippen molar-refractivity contribution in [2.45, 2.75) is 44.6 Å². The summed E-state index contributed by atoms with van der Waals surface area (Å²) >= 11 is 0. The van der Waals surface area contributed by atoms with Crippen LogP contribution in [-0.4, -0.2) is 60.0 Å². The third kappa shape index (κ3) is 4.64. The van der Waals surface area contributed by atoms with E-state index in [0.29, 0.717) is 13.0 Å². The zero-order valence-electron chi connectivity index (χ0n) is 11.4. The van der Waals surface area contributed by atoms with Gasteiger partial charge >= 0.3 is 5.97 Å². The molecule has 0 spiro atoms. The molecule has 1 rings (SSSR count). The number of carbonyl (C=O) groups excluding carboxylic acids is 1. The van der Waals surface area contributed by atoms with Crippen molar-refractivity contribution in [2.24, 2.45) is 0 Å². The Kier molecular flexibility index (Phi) is 6.12. The molecule has 1 unspecified atom stereocenters. The van der Waals surface area contributed by atoms with Crippen LogP contribution in [0.4, 0.5) is 0 Å². The molecule has 5 nitrogen and oxygen atoms in total. The van der Waals surface area contributed by atoms with Gasteiger partial charge in [0.2, 0.25) is 5.91 Å². The lowest BCUT2D eigenvalue weighted by molar-refractivity contribution is -0.143. The van der Waals surface area contributed by atoms with E-state index in [2.05, 4.69) is 0 Å². The topological polar surface area (TPSA) is 60.9 Å². The minimum atomic E-state index is -0.726. The van der Waals surface area contributed by atoms with E-state index >= 15 is 0 Å². The predicted molar refractivity (Wildman–Crippen MR) is 69.4 cm³/mol. The van der Waals surface area contributed by atoms with Crippen LogP contribution in [0.5, 0.6) is 0 Å². The summed E-state index contributed by atoms with van der Waals surface area (Å²) in [7, 11) is 3.49. The number of aliphatic carboxylic acids is 1. The van der Waals surface area contributed by atoms with Crippen LogP contribution in [0.25, 0.3) is 0 Å². The van der Waals surface area contributed by atoms with Gasteiger partial charge in [0, 0.05) is 20.5 Å². The molecule has 0 radical (unpaired) electrons. The van der Waals surface area contributed by atoms with Gasteiger partial charge in [-0.05, 0) is 32.4 Å². The summed E-state index contributed by atoms with van der Waals surface area (Å²) in [5, 5.41) is 9.21. The highest BCUT2D eigenvalue weighted by molar-refractivity contribution is 5.75. The van der Waals surface area contributed by atoms with Crippen molar-refractivity contribution in [2.75, 3.05) is 27.2 Å². The molecule has 1 fully saturated rings. The van der Waals surface area contributed by atoms with Gasteiger partial charge in [-0.15, -0.1) is 0 Å². The van der Waals surface area contributed by atoms with Crippen molar-refractivity contribution >= 4 is 11.9 Å². The van der Waals surface area contributed by atoms with E-state index in [9.17, 15) is 14.7 Å². The third-order valence-corrected chi connectivity index (χ3v) is 3.48. The maximum absolute atomic E-state index is 11.5. The quantitative estimate of drug-likeness (QED) is 0.802. The van der Waals surface area contributed by atoms with Gasteiger partial charge in [0.15, 0.2) is 0 Å². The zero-order chi connectivity index (χ0) is 13.5. The number of likely N-dealkylation sites (tertiary alicyclic amines) is 1. The van der Waals surface area contributed by atoms with Crippen LogP contribution in [0.2, 0.25) is 0 Å². The summed E-state index contributed by atoms with van der Waals surface area (Å²) in [5.41, 5.74) is 0. The average molecular weight is 256 g/mol. The molecule has 1 heterocycles. The van der Waals surface area contributed by atoms with Gasteiger partial charge in [-0.25, -0.2) is 0 Å². The van der Waals surface area contributed by atoms with Gasteiger partial charge < -0.3 is 10.0 Å². The second-order valence-corrected chi connectivity index (χ2v) is 5.13. The summed E-state index contributed by atoms with van der Waals surface area (Å²) in [4.78, 5) is 26.3. The molecule has 18 heavy (non-hydrogen) atoms. The number of amides is 1. The normalized spacial score (nSPS) is 21.3. The number of hydrogen-bond donors (Lipinski definition) is 1. The van der Waals surface area contributed by atoms with Crippen molar-refractivity contribution in [1.29, 1.82) is 0 Å². The van der Waals surface area contributed by atoms with Crippen LogP contribution >= 0.6 is 0 Å². The molecule has 1 aliphatic heterocycles. The molecule has 1 amide bonds. The number of carbonyl (C=O) groups is 2. The highest BCUT2D eigenvalue weighted by Gasteiger charge is 2.26. The van der Waals surface area contributed by atoms with Gasteiger partial charge in [0.25, 0.3) is 0 Å². The first kappa shape index (κ1) is 15.0. The van der Waals surface area contributed by atoms with Gasteiger partial charge in [-0.2, -0.15) is 0 Å². The maximum atomic E-state index is 11.5. The molecule has 1 saturated heterocycles. The zero-order valence-corrected chi connectivity index (χ0v) is 11.4. The van der Waals surface area contributed by atoms with Gasteiger partial charge in [0.1, 0.15) is 6.04 Å². The van der Waals surface area contributed by atoms with E-state index in [1.54, 1.807) is 19.0 Å². The summed E-state index contributed by atoms with van der Waals surface area (Å²) in [6, 6.07) is -0.359. The van der Waals surface area contributed by atoms with E-state index in [1.165, 1.54) is 0 Å². The molecule has 1 N–H and O–H groups in total. The fourth-order valence-corrected chi connectivity index (χ4v) is 2.37. The molecule has 104 valence electrons. The van der Waals surface area contributed by atoms with Gasteiger partial charge in [-0.1, -0.05) is 12.8 Å². The summed E-state index contributed by atoms with van der Waals surface area (Å²) in [6.45, 7) is 1.55. The van der Waals surface area contributed by atoms with Crippen LogP contribution in [0.3, 0.4) is 0 Å². The van der Waals surface area contributed by atoms with E-state index in [4.69, 9.17) is 0 Å². The number of carboxylic acids is 1. The number of carboxylic acid groups (broad SMARTS) is 1. The lowest BCUT2D eigenvalue weighted by Crippen LogP contribution is -2.41. The molecule has 0 saturated carbocycles. The van der Waals surface area contributed by atoms with E-state index in [0.717, 1.165) is 38.6 Å². The fraction of sp³-hybridized carbons (Fsp3) is 0.846. The molecule has 5 heteroatoms. The van der Waals surface area contributed by atoms with Crippen molar-refractivity contribution in [1.82, 2.24) is 9.80 Å². The highest BCUT2D eigenvalue weighted by Crippen LogP contribution is 2.17. The van der Waals surface area contributed by atoms with Crippen LogP contribution in [0.15, 0.2) is 0 Å². The molecule has 1 aliphatic rings. The molecule has 0 aromatic carbocycles. The second-order valence-electron chi connectivity index (χ2n) is 5.13. The Bertz CT molecular complexity index is 292. The fourth-order valence-electron chi connectivity index (χ4n) is 2.37. The first-order valence-corrected chi connectivity index (χ1v) is 6.69. The lowest BCUT2D eigenvalue weighted by Gasteiger charge is -2.26. The Labute approximate surface area is 109 Å². The molecule has 0 bridgehead atoms. The minimum Gasteiger partial charge on any atom is -0.480 e. The maximum Gasteiger partial charge on any atom is 0.320 e. The molecule has 0 aromatic rings. The van der Waals surface area contributed by atoms with Crippen LogP contribution < -0.4 is 0 Å². The molecule has 0 aromatic heterocycles.